The van der Waals surface area contributed by atoms with Gasteiger partial charge in [0.05, 0.1) is 28.1 Å². The molecule has 1 heterocycles. The van der Waals surface area contributed by atoms with Crippen LogP contribution in [0.5, 0.6) is 0 Å². The van der Waals surface area contributed by atoms with Gasteiger partial charge in [-0.15, -0.1) is 0 Å². The molecule has 1 aliphatic heterocycles. The number of carbonyl (C=O) groups is 6. The molecule has 1 aromatic carbocycles. The smallest absolute Gasteiger partial charge is 0.370 e. The third kappa shape index (κ3) is 12.8. The Morgan fingerprint density at radius 2 is 1.74 bits per heavy atom. The van der Waals surface area contributed by atoms with E-state index < -0.39 is 92.8 Å². The summed E-state index contributed by atoms with van der Waals surface area (Å²) in [4.78, 5) is 75.7. The van der Waals surface area contributed by atoms with Crippen LogP contribution in [0, 0.1) is 11.8 Å². The summed E-state index contributed by atoms with van der Waals surface area (Å²) in [6.07, 6.45) is -4.12. The van der Waals surface area contributed by atoms with Crippen molar-refractivity contribution in [2.45, 2.75) is 101 Å². The van der Waals surface area contributed by atoms with Crippen LogP contribution in [0.2, 0.25) is 5.02 Å². The number of alkyl halides is 3. The highest BCUT2D eigenvalue weighted by Gasteiger charge is 2.37. The predicted molar refractivity (Wildman–Crippen MR) is 176 cm³/mol. The first-order chi connectivity index (χ1) is 23.2. The third-order valence-electron chi connectivity index (χ3n) is 7.84. The normalized spacial score (nSPS) is 16.8. The minimum absolute atomic E-state index is 0.00317. The number of amides is 5. The molecule has 0 aliphatic carbocycles. The summed E-state index contributed by atoms with van der Waals surface area (Å²) >= 11 is 5.54. The van der Waals surface area contributed by atoms with Crippen molar-refractivity contribution >= 4 is 57.4 Å². The lowest BCUT2D eigenvalue weighted by molar-refractivity contribution is -0.140. The molecule has 0 saturated carbocycles. The maximum absolute atomic E-state index is 13.4. The number of carbonyl (C=O) groups excluding carboxylic acids is 6. The number of hydrogen-bond donors (Lipinski definition) is 5. The number of nitrogens with zero attached hydrogens (tertiary/aromatic N) is 1. The summed E-state index contributed by atoms with van der Waals surface area (Å²) < 4.78 is 66.8. The van der Waals surface area contributed by atoms with E-state index in [2.05, 4.69) is 16.0 Å². The lowest BCUT2D eigenvalue weighted by atomic mass is 9.99. The molecule has 0 radical (unpaired) electrons. The molecule has 0 spiro atoms. The zero-order valence-electron chi connectivity index (χ0n) is 28.1. The first-order valence-corrected chi connectivity index (χ1v) is 17.8. The largest absolute Gasteiger partial charge is 0.417 e. The Morgan fingerprint density at radius 3 is 2.30 bits per heavy atom. The monoisotopic (exact) mass is 752 g/mol. The number of hydrogen-bond acceptors (Lipinski definition) is 8. The van der Waals surface area contributed by atoms with Gasteiger partial charge in [0.15, 0.2) is 0 Å². The number of halogens is 4. The molecular weight excluding hydrogens is 709 g/mol. The van der Waals surface area contributed by atoms with Crippen LogP contribution in [0.3, 0.4) is 0 Å². The molecule has 50 heavy (non-hydrogen) atoms. The molecule has 4 atom stereocenters. The van der Waals surface area contributed by atoms with E-state index in [1.807, 2.05) is 18.6 Å². The van der Waals surface area contributed by atoms with Crippen molar-refractivity contribution in [1.29, 1.82) is 0 Å². The highest BCUT2D eigenvalue weighted by Crippen LogP contribution is 2.36. The van der Waals surface area contributed by atoms with Crippen LogP contribution in [0.25, 0.3) is 0 Å². The second kappa shape index (κ2) is 18.5. The van der Waals surface area contributed by atoms with Crippen molar-refractivity contribution in [2.24, 2.45) is 17.6 Å². The topological polar surface area (TPSA) is 214 Å². The molecule has 0 aromatic heterocycles. The van der Waals surface area contributed by atoms with Gasteiger partial charge in [-0.1, -0.05) is 39.3 Å². The number of sulfonamides is 1. The van der Waals surface area contributed by atoms with Gasteiger partial charge in [0.25, 0.3) is 0 Å². The highest BCUT2D eigenvalue weighted by atomic mass is 35.5. The molecule has 14 nitrogen and oxygen atoms in total. The Balaban J connectivity index is 1.98. The second-order valence-corrected chi connectivity index (χ2v) is 14.9. The van der Waals surface area contributed by atoms with Crippen LogP contribution < -0.4 is 26.4 Å². The van der Waals surface area contributed by atoms with Gasteiger partial charge >= 0.3 is 6.18 Å². The van der Waals surface area contributed by atoms with E-state index in [1.54, 1.807) is 18.7 Å². The lowest BCUT2D eigenvalue weighted by Crippen LogP contribution is -2.57. The number of benzene rings is 1. The Bertz CT molecular complexity index is 1530. The fourth-order valence-corrected chi connectivity index (χ4v) is 6.78. The summed E-state index contributed by atoms with van der Waals surface area (Å²) in [6.45, 7) is 6.95. The van der Waals surface area contributed by atoms with Gasteiger partial charge in [-0.3, -0.25) is 24.0 Å². The summed E-state index contributed by atoms with van der Waals surface area (Å²) in [5, 5.41) is 6.86. The maximum Gasteiger partial charge on any atom is 0.417 e. The van der Waals surface area contributed by atoms with E-state index >= 15 is 0 Å². The van der Waals surface area contributed by atoms with Crippen molar-refractivity contribution < 1.29 is 50.4 Å². The standard InChI is InChI=1S/C31H44ClF3N6O8S/c1-17(2)12-24(29(46)39-28(18(3)4)30(47)41-11-5-6-20(41)13-25(36)43)38-27(45)15-37-26(44)10-7-19(16-42)40-50(48,49)21-8-9-23(32)22(14-21)31(33,34)35/h8-9,14,16-20,24,28,40H,5-7,10-13,15H2,1-4H3,(H2,36,43)(H,37,44)(H,38,45)(H,39,46)/t19-,20-,24-,28-/m0/s1. The molecule has 0 bridgehead atoms. The number of rotatable bonds is 18. The van der Waals surface area contributed by atoms with Crippen LogP contribution in [0.4, 0.5) is 13.2 Å². The first kappa shape index (κ1) is 42.4. The van der Waals surface area contributed by atoms with Crippen molar-refractivity contribution in [3.05, 3.63) is 28.8 Å². The third-order valence-corrected chi connectivity index (χ3v) is 9.66. The quantitative estimate of drug-likeness (QED) is 0.139. The molecule has 0 unspecified atom stereocenters. The van der Waals surface area contributed by atoms with Gasteiger partial charge < -0.3 is 31.4 Å². The van der Waals surface area contributed by atoms with Gasteiger partial charge in [-0.05, 0) is 55.7 Å². The molecule has 1 saturated heterocycles. The molecule has 2 rings (SSSR count). The summed E-state index contributed by atoms with van der Waals surface area (Å²) in [5.74, 6) is -3.44. The molecule has 19 heteroatoms. The minimum atomic E-state index is -4.93. The number of aldehydes is 1. The van der Waals surface area contributed by atoms with Crippen LogP contribution in [-0.2, 0) is 45.0 Å². The van der Waals surface area contributed by atoms with Crippen molar-refractivity contribution in [1.82, 2.24) is 25.6 Å². The fraction of sp³-hybridized carbons (Fsp3) is 0.613. The maximum atomic E-state index is 13.4. The molecule has 1 aromatic rings. The minimum Gasteiger partial charge on any atom is -0.370 e. The molecule has 280 valence electrons. The molecule has 5 amide bonds. The predicted octanol–water partition coefficient (Wildman–Crippen LogP) is 1.64. The number of nitrogens with one attached hydrogen (secondary N) is 4. The van der Waals surface area contributed by atoms with Gasteiger partial charge in [-0.25, -0.2) is 13.1 Å². The zero-order chi connectivity index (χ0) is 38.0. The van der Waals surface area contributed by atoms with E-state index in [4.69, 9.17) is 17.3 Å². The van der Waals surface area contributed by atoms with Gasteiger partial charge in [-0.2, -0.15) is 13.2 Å². The zero-order valence-corrected chi connectivity index (χ0v) is 29.7. The Morgan fingerprint density at radius 1 is 1.08 bits per heavy atom. The number of nitrogens with two attached hydrogens (primary N) is 1. The average Bonchev–Trinajstić information content (AvgIpc) is 3.46. The van der Waals surface area contributed by atoms with Crippen LogP contribution in [0.1, 0.15) is 71.8 Å². The molecular formula is C31H44ClF3N6O8S. The van der Waals surface area contributed by atoms with Crippen LogP contribution in [0.15, 0.2) is 23.1 Å². The summed E-state index contributed by atoms with van der Waals surface area (Å²) in [7, 11) is -4.62. The van der Waals surface area contributed by atoms with Crippen molar-refractivity contribution in [3.63, 3.8) is 0 Å². The van der Waals surface area contributed by atoms with Gasteiger partial charge in [0.2, 0.25) is 39.6 Å². The van der Waals surface area contributed by atoms with Crippen LogP contribution >= 0.6 is 11.6 Å². The Kier molecular flexibility index (Phi) is 15.7. The molecule has 6 N–H and O–H groups in total. The molecule has 1 fully saturated rings. The first-order valence-electron chi connectivity index (χ1n) is 16.0. The van der Waals surface area contributed by atoms with Gasteiger partial charge in [0.1, 0.15) is 18.4 Å². The SMILES string of the molecule is CC(C)C[C@H](NC(=O)CNC(=O)CC[C@@H](C=O)NS(=O)(=O)c1ccc(Cl)c(C(F)(F)F)c1)C(=O)N[C@H](C(=O)N1CCC[C@H]1CC(N)=O)C(C)C. The van der Waals surface area contributed by atoms with E-state index in [-0.39, 0.29) is 42.9 Å². The van der Waals surface area contributed by atoms with Crippen molar-refractivity contribution in [2.75, 3.05) is 13.1 Å². The second-order valence-electron chi connectivity index (χ2n) is 12.8. The number of primary amides is 1. The van der Waals surface area contributed by atoms with E-state index in [1.165, 1.54) is 0 Å². The van der Waals surface area contributed by atoms with E-state index in [0.717, 1.165) is 12.1 Å². The summed E-state index contributed by atoms with van der Waals surface area (Å²) in [6, 6.07) is -1.98. The van der Waals surface area contributed by atoms with E-state index in [0.29, 0.717) is 25.5 Å². The Hall–Kier alpha value is -3.77. The Labute approximate surface area is 293 Å². The van der Waals surface area contributed by atoms with E-state index in [9.17, 15) is 50.4 Å². The fourth-order valence-electron chi connectivity index (χ4n) is 5.33. The van der Waals surface area contributed by atoms with Crippen LogP contribution in [-0.4, -0.2) is 86.4 Å². The number of likely N-dealkylation sites (tertiary alicyclic amines) is 1. The molecule has 1 aliphatic rings. The lowest BCUT2D eigenvalue weighted by Gasteiger charge is -2.32. The van der Waals surface area contributed by atoms with Crippen molar-refractivity contribution in [3.8, 4) is 0 Å². The van der Waals surface area contributed by atoms with Gasteiger partial charge in [0, 0.05) is 25.4 Å². The summed E-state index contributed by atoms with van der Waals surface area (Å²) in [5.41, 5.74) is 3.95. The average molecular weight is 753 g/mol. The highest BCUT2D eigenvalue weighted by molar-refractivity contribution is 7.89.